The van der Waals surface area contributed by atoms with Gasteiger partial charge < -0.3 is 9.88 Å². The first kappa shape index (κ1) is 24.2. The van der Waals surface area contributed by atoms with Crippen molar-refractivity contribution in [2.45, 2.75) is 0 Å². The fourth-order valence-electron chi connectivity index (χ4n) is 6.18. The van der Waals surface area contributed by atoms with E-state index in [0.717, 1.165) is 17.1 Å². The normalized spacial score (nSPS) is 11.3. The van der Waals surface area contributed by atoms with Gasteiger partial charge in [-0.05, 0) is 64.0 Å². The summed E-state index contributed by atoms with van der Waals surface area (Å²) in [5.41, 5.74) is 10.6. The van der Waals surface area contributed by atoms with E-state index in [2.05, 4.69) is 174 Å². The Morgan fingerprint density at radius 2 is 0.881 bits per heavy atom. The third-order valence-electron chi connectivity index (χ3n) is 8.18. The number of nitrogens with zero attached hydrogens (tertiary/aromatic N) is 1. The van der Waals surface area contributed by atoms with Gasteiger partial charge in [-0.15, -0.1) is 0 Å². The van der Waals surface area contributed by atoms with Crippen LogP contribution in [0.5, 0.6) is 0 Å². The van der Waals surface area contributed by atoms with Crippen LogP contribution < -0.4 is 5.32 Å². The molecule has 0 spiro atoms. The van der Waals surface area contributed by atoms with Crippen molar-refractivity contribution < 1.29 is 0 Å². The smallest absolute Gasteiger partial charge is 0.0568 e. The lowest BCUT2D eigenvalue weighted by Crippen LogP contribution is -1.96. The topological polar surface area (TPSA) is 17.0 Å². The predicted octanol–water partition coefficient (Wildman–Crippen LogP) is 11.0. The van der Waals surface area contributed by atoms with E-state index in [1.165, 1.54) is 54.8 Å². The maximum absolute atomic E-state index is 3.76. The molecule has 7 aromatic carbocycles. The highest BCUT2D eigenvalue weighted by Crippen LogP contribution is 2.41. The van der Waals surface area contributed by atoms with Crippen molar-refractivity contribution in [2.24, 2.45) is 0 Å². The molecule has 0 saturated carbocycles. The van der Waals surface area contributed by atoms with Gasteiger partial charge in [-0.2, -0.15) is 0 Å². The van der Waals surface area contributed by atoms with Crippen LogP contribution in [-0.4, -0.2) is 4.57 Å². The molecule has 0 atom stereocenters. The number of anilines is 2. The summed E-state index contributed by atoms with van der Waals surface area (Å²) in [5, 5.41) is 8.76. The highest BCUT2D eigenvalue weighted by Gasteiger charge is 2.17. The third-order valence-corrected chi connectivity index (χ3v) is 8.18. The molecule has 0 amide bonds. The van der Waals surface area contributed by atoms with Gasteiger partial charge in [-0.25, -0.2) is 0 Å². The molecule has 198 valence electrons. The predicted molar refractivity (Wildman–Crippen MR) is 179 cm³/mol. The van der Waals surface area contributed by atoms with E-state index in [1.54, 1.807) is 0 Å². The molecule has 0 unspecified atom stereocenters. The zero-order chi connectivity index (χ0) is 27.9. The summed E-state index contributed by atoms with van der Waals surface area (Å²) in [5.74, 6) is 0. The Kier molecular flexibility index (Phi) is 5.82. The highest BCUT2D eigenvalue weighted by molar-refractivity contribution is 6.24. The molecular weight excluding hydrogens is 508 g/mol. The highest BCUT2D eigenvalue weighted by atomic mass is 15.0. The van der Waals surface area contributed by atoms with Gasteiger partial charge in [0, 0.05) is 33.2 Å². The van der Waals surface area contributed by atoms with E-state index >= 15 is 0 Å². The monoisotopic (exact) mass is 536 g/mol. The maximum Gasteiger partial charge on any atom is 0.0568 e. The Labute approximate surface area is 245 Å². The van der Waals surface area contributed by atoms with Gasteiger partial charge in [0.1, 0.15) is 0 Å². The Balaban J connectivity index is 1.20. The minimum absolute atomic E-state index is 1.06. The van der Waals surface area contributed by atoms with Gasteiger partial charge >= 0.3 is 0 Å². The molecule has 0 aliphatic heterocycles. The number of fused-ring (bicyclic) bond motifs is 5. The molecule has 0 fully saturated rings. The molecule has 1 aromatic heterocycles. The number of nitrogens with one attached hydrogen (secondary N) is 1. The zero-order valence-corrected chi connectivity index (χ0v) is 23.0. The lowest BCUT2D eigenvalue weighted by atomic mass is 10.00. The Bertz CT molecular complexity index is 2170. The molecule has 0 radical (unpaired) electrons. The van der Waals surface area contributed by atoms with E-state index in [1.807, 2.05) is 0 Å². The van der Waals surface area contributed by atoms with Gasteiger partial charge in [0.2, 0.25) is 0 Å². The summed E-state index contributed by atoms with van der Waals surface area (Å²) in [7, 11) is 0. The Morgan fingerprint density at radius 3 is 1.55 bits per heavy atom. The molecular formula is C40H28N2. The average Bonchev–Trinajstić information content (AvgIpc) is 3.40. The van der Waals surface area contributed by atoms with Crippen molar-refractivity contribution in [1.29, 1.82) is 0 Å². The van der Waals surface area contributed by atoms with Crippen molar-refractivity contribution in [1.82, 2.24) is 4.57 Å². The SMILES string of the molecule is c1ccc(-c2ccc(-c3ccc(Nc4cc5c(c6ccccc46)c4ccccc4n5-c4ccccc4)cc3)cc2)cc1. The number of hydrogen-bond donors (Lipinski definition) is 1. The molecule has 8 aromatic rings. The van der Waals surface area contributed by atoms with E-state index in [4.69, 9.17) is 0 Å². The average molecular weight is 537 g/mol. The first-order chi connectivity index (χ1) is 20.8. The van der Waals surface area contributed by atoms with Gasteiger partial charge in [0.15, 0.2) is 0 Å². The number of para-hydroxylation sites is 2. The summed E-state index contributed by atoms with van der Waals surface area (Å²) >= 11 is 0. The van der Waals surface area contributed by atoms with E-state index in [9.17, 15) is 0 Å². The van der Waals surface area contributed by atoms with Crippen LogP contribution >= 0.6 is 0 Å². The summed E-state index contributed by atoms with van der Waals surface area (Å²) in [6, 6.07) is 58.4. The van der Waals surface area contributed by atoms with Crippen LogP contribution in [-0.2, 0) is 0 Å². The van der Waals surface area contributed by atoms with E-state index in [-0.39, 0.29) is 0 Å². The third kappa shape index (κ3) is 4.13. The second-order valence-electron chi connectivity index (χ2n) is 10.7. The standard InChI is InChI=1S/C40H28N2/c1-3-11-28(12-4-1)29-19-21-30(22-20-29)31-23-25-32(26-24-31)41-37-27-39-40(35-16-8-7-15-34(35)37)36-17-9-10-18-38(36)42(39)33-13-5-2-6-14-33/h1-27,41H. The number of aromatic nitrogens is 1. The number of benzene rings is 7. The second-order valence-corrected chi connectivity index (χ2v) is 10.7. The Hall–Kier alpha value is -5.60. The molecule has 1 heterocycles. The minimum Gasteiger partial charge on any atom is -0.355 e. The van der Waals surface area contributed by atoms with Crippen LogP contribution in [0.25, 0.3) is 60.5 Å². The van der Waals surface area contributed by atoms with Gasteiger partial charge in [-0.3, -0.25) is 0 Å². The second kappa shape index (κ2) is 10.1. The quantitative estimate of drug-likeness (QED) is 0.231. The molecule has 8 rings (SSSR count). The molecule has 1 N–H and O–H groups in total. The van der Waals surface area contributed by atoms with Gasteiger partial charge in [-0.1, -0.05) is 127 Å². The maximum atomic E-state index is 3.76. The fraction of sp³-hybridized carbons (Fsp3) is 0. The number of rotatable bonds is 5. The van der Waals surface area contributed by atoms with Crippen molar-refractivity contribution in [3.63, 3.8) is 0 Å². The van der Waals surface area contributed by atoms with Crippen molar-refractivity contribution in [3.05, 3.63) is 164 Å². The molecule has 0 aliphatic rings. The van der Waals surface area contributed by atoms with Crippen molar-refractivity contribution >= 4 is 44.0 Å². The first-order valence-corrected chi connectivity index (χ1v) is 14.4. The lowest BCUT2D eigenvalue weighted by molar-refractivity contribution is 1.18. The van der Waals surface area contributed by atoms with Crippen LogP contribution in [0.15, 0.2) is 164 Å². The fourth-order valence-corrected chi connectivity index (χ4v) is 6.18. The molecule has 2 nitrogen and oxygen atoms in total. The van der Waals surface area contributed by atoms with Crippen molar-refractivity contribution in [3.8, 4) is 27.9 Å². The number of hydrogen-bond acceptors (Lipinski definition) is 1. The lowest BCUT2D eigenvalue weighted by Gasteiger charge is -2.14. The van der Waals surface area contributed by atoms with E-state index < -0.39 is 0 Å². The van der Waals surface area contributed by atoms with Crippen LogP contribution in [0, 0.1) is 0 Å². The molecule has 0 bridgehead atoms. The molecule has 0 saturated heterocycles. The zero-order valence-electron chi connectivity index (χ0n) is 23.0. The summed E-state index contributed by atoms with van der Waals surface area (Å²) < 4.78 is 2.38. The largest absolute Gasteiger partial charge is 0.355 e. The molecule has 42 heavy (non-hydrogen) atoms. The minimum atomic E-state index is 1.06. The van der Waals surface area contributed by atoms with Crippen LogP contribution in [0.1, 0.15) is 0 Å². The van der Waals surface area contributed by atoms with Crippen molar-refractivity contribution in [2.75, 3.05) is 5.32 Å². The summed E-state index contributed by atoms with van der Waals surface area (Å²) in [6.45, 7) is 0. The van der Waals surface area contributed by atoms with Crippen LogP contribution in [0.4, 0.5) is 11.4 Å². The Morgan fingerprint density at radius 1 is 0.381 bits per heavy atom. The molecule has 2 heteroatoms. The van der Waals surface area contributed by atoms with Crippen LogP contribution in [0.2, 0.25) is 0 Å². The first-order valence-electron chi connectivity index (χ1n) is 14.4. The van der Waals surface area contributed by atoms with E-state index in [0.29, 0.717) is 0 Å². The summed E-state index contributed by atoms with van der Waals surface area (Å²) in [6.07, 6.45) is 0. The van der Waals surface area contributed by atoms with Crippen LogP contribution in [0.3, 0.4) is 0 Å². The molecule has 0 aliphatic carbocycles. The summed E-state index contributed by atoms with van der Waals surface area (Å²) in [4.78, 5) is 0. The van der Waals surface area contributed by atoms with Gasteiger partial charge in [0.25, 0.3) is 0 Å². The van der Waals surface area contributed by atoms with Gasteiger partial charge in [0.05, 0.1) is 11.0 Å².